The molecule has 6 nitrogen and oxygen atoms in total. The van der Waals surface area contributed by atoms with Gasteiger partial charge in [0.2, 0.25) is 0 Å². The fraction of sp³-hybridized carbons (Fsp3) is 0.154. The van der Waals surface area contributed by atoms with Gasteiger partial charge < -0.3 is 10.7 Å². The third-order valence-electron chi connectivity index (χ3n) is 2.81. The highest BCUT2D eigenvalue weighted by molar-refractivity contribution is 6.34. The first-order valence-electron chi connectivity index (χ1n) is 5.85. The second-order valence-electron chi connectivity index (χ2n) is 4.00. The van der Waals surface area contributed by atoms with Crippen LogP contribution >= 0.6 is 0 Å². The Bertz CT molecular complexity index is 658. The van der Waals surface area contributed by atoms with Crippen LogP contribution in [0.3, 0.4) is 0 Å². The molecule has 0 fully saturated rings. The number of nitrogens with one attached hydrogen (secondary N) is 2. The maximum absolute atomic E-state index is 10.9. The van der Waals surface area contributed by atoms with Crippen LogP contribution in [0.25, 0.3) is 10.9 Å². The van der Waals surface area contributed by atoms with E-state index in [0.717, 1.165) is 22.9 Å². The molecule has 0 saturated carbocycles. The summed E-state index contributed by atoms with van der Waals surface area (Å²) in [6, 6.07) is 5.98. The SMILES string of the molecule is CCc1cccc2c(/C=N/NC(=O)C(N)=O)c[nH]c12. The lowest BCUT2D eigenvalue weighted by atomic mass is 10.1. The molecule has 0 radical (unpaired) electrons. The molecule has 0 aliphatic carbocycles. The number of aromatic amines is 1. The highest BCUT2D eigenvalue weighted by atomic mass is 16.2. The van der Waals surface area contributed by atoms with E-state index in [-0.39, 0.29) is 0 Å². The minimum Gasteiger partial charge on any atom is -0.361 e. The van der Waals surface area contributed by atoms with Crippen molar-refractivity contribution in [1.82, 2.24) is 10.4 Å². The summed E-state index contributed by atoms with van der Waals surface area (Å²) in [7, 11) is 0. The van der Waals surface area contributed by atoms with Gasteiger partial charge in [0.1, 0.15) is 0 Å². The molecule has 0 atom stereocenters. The zero-order valence-corrected chi connectivity index (χ0v) is 10.4. The quantitative estimate of drug-likeness (QED) is 0.428. The summed E-state index contributed by atoms with van der Waals surface area (Å²) in [6.07, 6.45) is 4.19. The minimum absolute atomic E-state index is 0.829. The lowest BCUT2D eigenvalue weighted by molar-refractivity contribution is -0.137. The second-order valence-corrected chi connectivity index (χ2v) is 4.00. The lowest BCUT2D eigenvalue weighted by Crippen LogP contribution is -2.32. The number of fused-ring (bicyclic) bond motifs is 1. The smallest absolute Gasteiger partial charge is 0.329 e. The molecule has 1 aromatic carbocycles. The van der Waals surface area contributed by atoms with E-state index in [0.29, 0.717) is 0 Å². The number of nitrogens with two attached hydrogens (primary N) is 1. The van der Waals surface area contributed by atoms with Crippen molar-refractivity contribution in [1.29, 1.82) is 0 Å². The van der Waals surface area contributed by atoms with Crippen molar-refractivity contribution in [2.45, 2.75) is 13.3 Å². The zero-order chi connectivity index (χ0) is 13.8. The van der Waals surface area contributed by atoms with E-state index in [1.54, 1.807) is 6.20 Å². The lowest BCUT2D eigenvalue weighted by Gasteiger charge is -1.98. The van der Waals surface area contributed by atoms with E-state index < -0.39 is 11.8 Å². The molecule has 2 aromatic rings. The summed E-state index contributed by atoms with van der Waals surface area (Å²) >= 11 is 0. The van der Waals surface area contributed by atoms with Crippen LogP contribution in [0.1, 0.15) is 18.1 Å². The van der Waals surface area contributed by atoms with Crippen molar-refractivity contribution in [2.75, 3.05) is 0 Å². The van der Waals surface area contributed by atoms with E-state index in [4.69, 9.17) is 5.73 Å². The molecule has 0 bridgehead atoms. The van der Waals surface area contributed by atoms with Gasteiger partial charge in [-0.2, -0.15) is 5.10 Å². The van der Waals surface area contributed by atoms with E-state index in [2.05, 4.69) is 28.5 Å². The maximum Gasteiger partial charge on any atom is 0.329 e. The maximum atomic E-state index is 10.9. The van der Waals surface area contributed by atoms with E-state index in [9.17, 15) is 9.59 Å². The molecule has 4 N–H and O–H groups in total. The molecule has 0 saturated heterocycles. The average molecular weight is 258 g/mol. The summed E-state index contributed by atoms with van der Waals surface area (Å²) in [5, 5.41) is 4.71. The number of H-pyrrole nitrogens is 1. The Morgan fingerprint density at radius 2 is 2.26 bits per heavy atom. The van der Waals surface area contributed by atoms with Crippen molar-refractivity contribution in [3.05, 3.63) is 35.5 Å². The Morgan fingerprint density at radius 1 is 1.47 bits per heavy atom. The molecule has 98 valence electrons. The molecule has 0 aliphatic heterocycles. The number of hydrogen-bond donors (Lipinski definition) is 3. The number of nitrogens with zero attached hydrogens (tertiary/aromatic N) is 1. The predicted molar refractivity (Wildman–Crippen MR) is 72.6 cm³/mol. The Kier molecular flexibility index (Phi) is 3.61. The molecule has 1 heterocycles. The average Bonchev–Trinajstić information content (AvgIpc) is 2.81. The van der Waals surface area contributed by atoms with Crippen molar-refractivity contribution in [2.24, 2.45) is 10.8 Å². The number of carbonyl (C=O) groups is 2. The van der Waals surface area contributed by atoms with Gasteiger partial charge in [0.25, 0.3) is 0 Å². The van der Waals surface area contributed by atoms with Gasteiger partial charge in [0.05, 0.1) is 6.21 Å². The van der Waals surface area contributed by atoms with Crippen molar-refractivity contribution >= 4 is 28.9 Å². The Morgan fingerprint density at radius 3 is 2.95 bits per heavy atom. The molecule has 6 heteroatoms. The van der Waals surface area contributed by atoms with Gasteiger partial charge >= 0.3 is 11.8 Å². The van der Waals surface area contributed by atoms with Gasteiger partial charge in [-0.25, -0.2) is 5.43 Å². The topological polar surface area (TPSA) is 100 Å². The summed E-state index contributed by atoms with van der Waals surface area (Å²) in [5.41, 5.74) is 9.93. The Balaban J connectivity index is 2.25. The van der Waals surface area contributed by atoms with Gasteiger partial charge in [0, 0.05) is 22.7 Å². The highest BCUT2D eigenvalue weighted by Crippen LogP contribution is 2.20. The normalized spacial score (nSPS) is 11.0. The third kappa shape index (κ3) is 2.62. The number of carbonyl (C=O) groups excluding carboxylic acids is 2. The summed E-state index contributed by atoms with van der Waals surface area (Å²) < 4.78 is 0. The van der Waals surface area contributed by atoms with Crippen LogP contribution in [0.15, 0.2) is 29.5 Å². The fourth-order valence-electron chi connectivity index (χ4n) is 1.86. The van der Waals surface area contributed by atoms with Gasteiger partial charge in [0.15, 0.2) is 0 Å². The number of rotatable bonds is 3. The number of benzene rings is 1. The van der Waals surface area contributed by atoms with Crippen LogP contribution in [0.5, 0.6) is 0 Å². The fourth-order valence-corrected chi connectivity index (χ4v) is 1.86. The summed E-state index contributed by atoms with van der Waals surface area (Å²) in [4.78, 5) is 24.6. The first-order chi connectivity index (χ1) is 9.13. The van der Waals surface area contributed by atoms with Crippen molar-refractivity contribution in [3.8, 4) is 0 Å². The standard InChI is InChI=1S/C13H14N4O2/c1-2-8-4-3-5-10-9(6-15-11(8)10)7-16-17-13(19)12(14)18/h3-7,15H,2H2,1H3,(H2,14,18)(H,17,19)/b16-7+. The summed E-state index contributed by atoms with van der Waals surface area (Å²) in [6.45, 7) is 2.08. The summed E-state index contributed by atoms with van der Waals surface area (Å²) in [5.74, 6) is -2.00. The number of hydrogen-bond acceptors (Lipinski definition) is 3. The van der Waals surface area contributed by atoms with Gasteiger partial charge in [-0.3, -0.25) is 9.59 Å². The monoisotopic (exact) mass is 258 g/mol. The molecule has 0 aliphatic rings. The number of hydrazone groups is 1. The van der Waals surface area contributed by atoms with Crippen LogP contribution in [0.2, 0.25) is 0 Å². The molecular formula is C13H14N4O2. The van der Waals surface area contributed by atoms with Gasteiger partial charge in [-0.15, -0.1) is 0 Å². The van der Waals surface area contributed by atoms with Crippen LogP contribution in [-0.4, -0.2) is 23.0 Å². The first kappa shape index (κ1) is 12.8. The van der Waals surface area contributed by atoms with E-state index >= 15 is 0 Å². The van der Waals surface area contributed by atoms with Gasteiger partial charge in [-0.05, 0) is 12.0 Å². The molecular weight excluding hydrogens is 244 g/mol. The zero-order valence-electron chi connectivity index (χ0n) is 10.4. The molecule has 2 amide bonds. The largest absolute Gasteiger partial charge is 0.361 e. The number of aromatic nitrogens is 1. The molecule has 2 rings (SSSR count). The van der Waals surface area contributed by atoms with Crippen LogP contribution < -0.4 is 11.2 Å². The van der Waals surface area contributed by atoms with Crippen LogP contribution in [-0.2, 0) is 16.0 Å². The number of primary amides is 1. The van der Waals surface area contributed by atoms with Crippen molar-refractivity contribution in [3.63, 3.8) is 0 Å². The van der Waals surface area contributed by atoms with Crippen LogP contribution in [0.4, 0.5) is 0 Å². The third-order valence-corrected chi connectivity index (χ3v) is 2.81. The molecule has 19 heavy (non-hydrogen) atoms. The Labute approximate surface area is 109 Å². The predicted octanol–water partition coefficient (Wildman–Crippen LogP) is 0.666. The molecule has 0 unspecified atom stereocenters. The molecule has 0 spiro atoms. The van der Waals surface area contributed by atoms with Gasteiger partial charge in [-0.1, -0.05) is 25.1 Å². The van der Waals surface area contributed by atoms with E-state index in [1.807, 2.05) is 12.1 Å². The number of para-hydroxylation sites is 1. The van der Waals surface area contributed by atoms with Crippen LogP contribution in [0, 0.1) is 0 Å². The Hall–Kier alpha value is -2.63. The number of amides is 2. The van der Waals surface area contributed by atoms with Crippen molar-refractivity contribution < 1.29 is 9.59 Å². The second kappa shape index (κ2) is 5.34. The number of aryl methyl sites for hydroxylation is 1. The first-order valence-corrected chi connectivity index (χ1v) is 5.85. The molecule has 1 aromatic heterocycles. The highest BCUT2D eigenvalue weighted by Gasteiger charge is 2.07. The van der Waals surface area contributed by atoms with E-state index in [1.165, 1.54) is 11.8 Å². The minimum atomic E-state index is -1.07.